The highest BCUT2D eigenvalue weighted by Gasteiger charge is 2.10. The summed E-state index contributed by atoms with van der Waals surface area (Å²) in [5.41, 5.74) is 1.27. The number of methoxy groups -OCH3 is 1. The van der Waals surface area contributed by atoms with E-state index in [1.165, 1.54) is 5.56 Å². The van der Waals surface area contributed by atoms with Crippen LogP contribution in [0.15, 0.2) is 28.7 Å². The van der Waals surface area contributed by atoms with Gasteiger partial charge in [-0.3, -0.25) is 0 Å². The van der Waals surface area contributed by atoms with Gasteiger partial charge in [-0.25, -0.2) is 0 Å². The SMILES string of the molecule is COCCCOCCC(CCl)c1ccc(Br)cc1. The molecule has 18 heavy (non-hydrogen) atoms. The average Bonchev–Trinajstić information content (AvgIpc) is 2.39. The van der Waals surface area contributed by atoms with E-state index < -0.39 is 0 Å². The first-order valence-corrected chi connectivity index (χ1v) is 7.48. The molecule has 0 bridgehead atoms. The van der Waals surface area contributed by atoms with Crippen molar-refractivity contribution in [2.75, 3.05) is 32.8 Å². The fourth-order valence-corrected chi connectivity index (χ4v) is 2.30. The molecule has 0 N–H and O–H groups in total. The Morgan fingerprint density at radius 2 is 1.89 bits per heavy atom. The highest BCUT2D eigenvalue weighted by atomic mass is 79.9. The lowest BCUT2D eigenvalue weighted by atomic mass is 9.98. The average molecular weight is 336 g/mol. The van der Waals surface area contributed by atoms with Crippen molar-refractivity contribution in [2.24, 2.45) is 0 Å². The van der Waals surface area contributed by atoms with Crippen molar-refractivity contribution >= 4 is 27.5 Å². The van der Waals surface area contributed by atoms with Gasteiger partial charge in [0, 0.05) is 37.3 Å². The standard InChI is InChI=1S/C14H20BrClO2/c1-17-8-2-9-18-10-7-13(11-16)12-3-5-14(15)6-4-12/h3-6,13H,2,7-11H2,1H3. The minimum Gasteiger partial charge on any atom is -0.385 e. The van der Waals surface area contributed by atoms with Crippen LogP contribution in [0, 0.1) is 0 Å². The van der Waals surface area contributed by atoms with Crippen molar-refractivity contribution in [3.05, 3.63) is 34.3 Å². The maximum atomic E-state index is 6.02. The Bertz CT molecular complexity index is 316. The van der Waals surface area contributed by atoms with Gasteiger partial charge >= 0.3 is 0 Å². The Morgan fingerprint density at radius 1 is 1.17 bits per heavy atom. The van der Waals surface area contributed by atoms with Crippen LogP contribution in [0.3, 0.4) is 0 Å². The molecule has 1 rings (SSSR count). The number of hydrogen-bond donors (Lipinski definition) is 0. The van der Waals surface area contributed by atoms with Crippen LogP contribution >= 0.6 is 27.5 Å². The molecule has 1 aromatic carbocycles. The minimum atomic E-state index is 0.363. The molecule has 0 aromatic heterocycles. The molecule has 0 aliphatic heterocycles. The van der Waals surface area contributed by atoms with Gasteiger partial charge in [0.05, 0.1) is 0 Å². The zero-order chi connectivity index (χ0) is 13.2. The molecule has 0 fully saturated rings. The topological polar surface area (TPSA) is 18.5 Å². The molecule has 1 unspecified atom stereocenters. The van der Waals surface area contributed by atoms with Crippen LogP contribution in [-0.2, 0) is 9.47 Å². The molecule has 1 aromatic rings. The molecule has 2 nitrogen and oxygen atoms in total. The fourth-order valence-electron chi connectivity index (χ4n) is 1.70. The third-order valence-corrected chi connectivity index (χ3v) is 3.68. The summed E-state index contributed by atoms with van der Waals surface area (Å²) in [6.45, 7) is 2.26. The van der Waals surface area contributed by atoms with Gasteiger partial charge in [0.25, 0.3) is 0 Å². The third kappa shape index (κ3) is 6.19. The first-order chi connectivity index (χ1) is 8.77. The molecular formula is C14H20BrClO2. The zero-order valence-corrected chi connectivity index (χ0v) is 13.0. The van der Waals surface area contributed by atoms with Crippen LogP contribution in [0.5, 0.6) is 0 Å². The van der Waals surface area contributed by atoms with E-state index in [9.17, 15) is 0 Å². The van der Waals surface area contributed by atoms with Gasteiger partial charge in [-0.1, -0.05) is 28.1 Å². The van der Waals surface area contributed by atoms with E-state index >= 15 is 0 Å². The van der Waals surface area contributed by atoms with Crippen molar-refractivity contribution in [3.8, 4) is 0 Å². The van der Waals surface area contributed by atoms with Crippen LogP contribution in [-0.4, -0.2) is 32.8 Å². The van der Waals surface area contributed by atoms with Crippen LogP contribution in [0.2, 0.25) is 0 Å². The molecule has 102 valence electrons. The molecular weight excluding hydrogens is 316 g/mol. The molecule has 0 saturated heterocycles. The molecule has 0 heterocycles. The predicted molar refractivity (Wildman–Crippen MR) is 79.5 cm³/mol. The maximum Gasteiger partial charge on any atom is 0.0487 e. The first-order valence-electron chi connectivity index (χ1n) is 6.16. The number of halogens is 2. The van der Waals surface area contributed by atoms with E-state index in [0.29, 0.717) is 11.8 Å². The van der Waals surface area contributed by atoms with Crippen LogP contribution in [0.25, 0.3) is 0 Å². The van der Waals surface area contributed by atoms with E-state index in [1.54, 1.807) is 7.11 Å². The van der Waals surface area contributed by atoms with Gasteiger partial charge in [-0.05, 0) is 36.5 Å². The van der Waals surface area contributed by atoms with Gasteiger partial charge in [-0.15, -0.1) is 11.6 Å². The lowest BCUT2D eigenvalue weighted by Crippen LogP contribution is -2.07. The van der Waals surface area contributed by atoms with E-state index in [4.69, 9.17) is 21.1 Å². The molecule has 0 radical (unpaired) electrons. The van der Waals surface area contributed by atoms with Crippen molar-refractivity contribution < 1.29 is 9.47 Å². The maximum absolute atomic E-state index is 6.02. The molecule has 0 aliphatic carbocycles. The Labute approximate surface area is 123 Å². The monoisotopic (exact) mass is 334 g/mol. The normalized spacial score (nSPS) is 12.6. The zero-order valence-electron chi connectivity index (χ0n) is 10.7. The second kappa shape index (κ2) is 9.79. The molecule has 0 spiro atoms. The van der Waals surface area contributed by atoms with E-state index in [-0.39, 0.29) is 0 Å². The summed E-state index contributed by atoms with van der Waals surface area (Å²) >= 11 is 9.45. The summed E-state index contributed by atoms with van der Waals surface area (Å²) in [6.07, 6.45) is 1.90. The second-order valence-corrected chi connectivity index (χ2v) is 5.37. The van der Waals surface area contributed by atoms with E-state index in [0.717, 1.165) is 37.1 Å². The molecule has 4 heteroatoms. The first kappa shape index (κ1) is 16.0. The summed E-state index contributed by atoms with van der Waals surface area (Å²) in [5.74, 6) is 0.991. The smallest absolute Gasteiger partial charge is 0.0487 e. The van der Waals surface area contributed by atoms with Crippen molar-refractivity contribution in [1.29, 1.82) is 0 Å². The lowest BCUT2D eigenvalue weighted by Gasteiger charge is -2.14. The van der Waals surface area contributed by atoms with Gasteiger partial charge in [0.15, 0.2) is 0 Å². The Kier molecular flexibility index (Phi) is 8.68. The van der Waals surface area contributed by atoms with Gasteiger partial charge in [-0.2, -0.15) is 0 Å². The van der Waals surface area contributed by atoms with Crippen molar-refractivity contribution in [1.82, 2.24) is 0 Å². The summed E-state index contributed by atoms with van der Waals surface area (Å²) in [4.78, 5) is 0. The summed E-state index contributed by atoms with van der Waals surface area (Å²) in [6, 6.07) is 8.33. The van der Waals surface area contributed by atoms with Crippen molar-refractivity contribution in [3.63, 3.8) is 0 Å². The Hall–Kier alpha value is -0.0900. The van der Waals surface area contributed by atoms with Crippen molar-refractivity contribution in [2.45, 2.75) is 18.8 Å². The molecule has 0 saturated carbocycles. The summed E-state index contributed by atoms with van der Waals surface area (Å²) in [7, 11) is 1.71. The number of ether oxygens (including phenoxy) is 2. The molecule has 0 aliphatic rings. The third-order valence-electron chi connectivity index (χ3n) is 2.78. The summed E-state index contributed by atoms with van der Waals surface area (Å²) in [5, 5.41) is 0. The lowest BCUT2D eigenvalue weighted by molar-refractivity contribution is 0.0990. The minimum absolute atomic E-state index is 0.363. The number of alkyl halides is 1. The fraction of sp³-hybridized carbons (Fsp3) is 0.571. The molecule has 0 amide bonds. The van der Waals surface area contributed by atoms with Gasteiger partial charge in [0.2, 0.25) is 0 Å². The highest BCUT2D eigenvalue weighted by Crippen LogP contribution is 2.23. The van der Waals surface area contributed by atoms with Crippen LogP contribution in [0.4, 0.5) is 0 Å². The number of benzene rings is 1. The van der Waals surface area contributed by atoms with Gasteiger partial charge in [0.1, 0.15) is 0 Å². The summed E-state index contributed by atoms with van der Waals surface area (Å²) < 4.78 is 11.6. The molecule has 1 atom stereocenters. The highest BCUT2D eigenvalue weighted by molar-refractivity contribution is 9.10. The number of hydrogen-bond acceptors (Lipinski definition) is 2. The Morgan fingerprint density at radius 3 is 2.50 bits per heavy atom. The van der Waals surface area contributed by atoms with Crippen LogP contribution in [0.1, 0.15) is 24.3 Å². The van der Waals surface area contributed by atoms with E-state index in [2.05, 4.69) is 28.1 Å². The number of rotatable bonds is 9. The largest absolute Gasteiger partial charge is 0.385 e. The Balaban J connectivity index is 2.27. The van der Waals surface area contributed by atoms with Crippen LogP contribution < -0.4 is 0 Å². The van der Waals surface area contributed by atoms with Gasteiger partial charge < -0.3 is 9.47 Å². The predicted octanol–water partition coefficient (Wildman–Crippen LogP) is 4.21. The quantitative estimate of drug-likeness (QED) is 0.497. The van der Waals surface area contributed by atoms with E-state index in [1.807, 2.05) is 12.1 Å². The second-order valence-electron chi connectivity index (χ2n) is 4.15.